The first-order valence-electron chi connectivity index (χ1n) is 7.54. The Hall–Kier alpha value is -0.120. The van der Waals surface area contributed by atoms with Gasteiger partial charge in [0.1, 0.15) is 0 Å². The van der Waals surface area contributed by atoms with Crippen molar-refractivity contribution in [1.82, 2.24) is 5.32 Å². The molecule has 108 valence electrons. The van der Waals surface area contributed by atoms with E-state index in [1.54, 1.807) is 0 Å². The Kier molecular flexibility index (Phi) is 6.61. The summed E-state index contributed by atoms with van der Waals surface area (Å²) in [6.45, 7) is 11.7. The van der Waals surface area contributed by atoms with Crippen LogP contribution in [0.4, 0.5) is 0 Å². The number of nitrogens with one attached hydrogen (secondary N) is 1. The van der Waals surface area contributed by atoms with Gasteiger partial charge in [-0.3, -0.25) is 0 Å². The van der Waals surface area contributed by atoms with Crippen LogP contribution in [-0.2, 0) is 4.74 Å². The fourth-order valence-corrected chi connectivity index (χ4v) is 3.17. The van der Waals surface area contributed by atoms with Gasteiger partial charge in [0.15, 0.2) is 0 Å². The molecule has 1 fully saturated rings. The zero-order chi connectivity index (χ0) is 13.6. The fourth-order valence-electron chi connectivity index (χ4n) is 3.17. The third-order valence-electron chi connectivity index (χ3n) is 3.72. The molecule has 3 N–H and O–H groups in total. The number of nitrogens with two attached hydrogens (primary N) is 1. The van der Waals surface area contributed by atoms with Crippen molar-refractivity contribution < 1.29 is 4.74 Å². The third kappa shape index (κ3) is 5.25. The van der Waals surface area contributed by atoms with Crippen LogP contribution in [0.5, 0.6) is 0 Å². The number of rotatable bonds is 8. The van der Waals surface area contributed by atoms with Crippen molar-refractivity contribution in [1.29, 1.82) is 0 Å². The van der Waals surface area contributed by atoms with E-state index in [1.807, 2.05) is 0 Å². The molecule has 0 aliphatic carbocycles. The Morgan fingerprint density at radius 1 is 1.22 bits per heavy atom. The zero-order valence-corrected chi connectivity index (χ0v) is 12.7. The molecule has 0 spiro atoms. The predicted molar refractivity (Wildman–Crippen MR) is 77.7 cm³/mol. The van der Waals surface area contributed by atoms with Gasteiger partial charge in [-0.05, 0) is 37.5 Å². The molecule has 1 aliphatic rings. The van der Waals surface area contributed by atoms with Crippen LogP contribution in [0.25, 0.3) is 0 Å². The Bertz CT molecular complexity index is 213. The summed E-state index contributed by atoms with van der Waals surface area (Å²) in [6.07, 6.45) is 5.09. The van der Waals surface area contributed by atoms with Crippen molar-refractivity contribution in [2.45, 2.75) is 65.0 Å². The third-order valence-corrected chi connectivity index (χ3v) is 3.72. The van der Waals surface area contributed by atoms with E-state index in [0.29, 0.717) is 17.9 Å². The minimum atomic E-state index is 0.0916. The van der Waals surface area contributed by atoms with Gasteiger partial charge in [0, 0.05) is 25.2 Å². The molecule has 0 aromatic heterocycles. The topological polar surface area (TPSA) is 47.3 Å². The lowest BCUT2D eigenvalue weighted by Crippen LogP contribution is -2.54. The van der Waals surface area contributed by atoms with Crippen molar-refractivity contribution in [2.75, 3.05) is 19.7 Å². The fraction of sp³-hybridized carbons (Fsp3) is 1.00. The zero-order valence-electron chi connectivity index (χ0n) is 12.7. The van der Waals surface area contributed by atoms with Crippen LogP contribution < -0.4 is 11.1 Å². The standard InChI is InChI=1S/C15H32N2O/c1-12(2)8-15(11-16,9-13(3)4)17-10-14-6-5-7-18-14/h12-14,17H,5-11,16H2,1-4H3. The summed E-state index contributed by atoms with van der Waals surface area (Å²) in [4.78, 5) is 0. The quantitative estimate of drug-likeness (QED) is 0.701. The van der Waals surface area contributed by atoms with Crippen LogP contribution in [-0.4, -0.2) is 31.3 Å². The highest BCUT2D eigenvalue weighted by Crippen LogP contribution is 2.25. The number of hydrogen-bond donors (Lipinski definition) is 2. The molecule has 3 nitrogen and oxygen atoms in total. The smallest absolute Gasteiger partial charge is 0.0700 e. The second-order valence-electron chi connectivity index (χ2n) is 6.70. The van der Waals surface area contributed by atoms with Gasteiger partial charge in [0.2, 0.25) is 0 Å². The molecule has 1 heterocycles. The molecule has 1 atom stereocenters. The van der Waals surface area contributed by atoms with Gasteiger partial charge >= 0.3 is 0 Å². The van der Waals surface area contributed by atoms with Crippen LogP contribution in [0.15, 0.2) is 0 Å². The summed E-state index contributed by atoms with van der Waals surface area (Å²) in [7, 11) is 0. The van der Waals surface area contributed by atoms with Crippen molar-refractivity contribution in [3.8, 4) is 0 Å². The molecule has 18 heavy (non-hydrogen) atoms. The van der Waals surface area contributed by atoms with Gasteiger partial charge in [0.25, 0.3) is 0 Å². The molecule has 1 rings (SSSR count). The molecule has 1 aliphatic heterocycles. The van der Waals surface area contributed by atoms with Crippen LogP contribution in [0, 0.1) is 11.8 Å². The molecule has 0 aromatic rings. The van der Waals surface area contributed by atoms with E-state index in [2.05, 4.69) is 33.0 Å². The Morgan fingerprint density at radius 3 is 2.22 bits per heavy atom. The molecular formula is C15H32N2O. The molecule has 1 unspecified atom stereocenters. The molecule has 0 aromatic carbocycles. The van der Waals surface area contributed by atoms with Crippen molar-refractivity contribution >= 4 is 0 Å². The normalized spacial score (nSPS) is 21.2. The second kappa shape index (κ2) is 7.46. The Labute approximate surface area is 113 Å². The average Bonchev–Trinajstić information content (AvgIpc) is 2.77. The van der Waals surface area contributed by atoms with Crippen LogP contribution >= 0.6 is 0 Å². The summed E-state index contributed by atoms with van der Waals surface area (Å²) in [5.41, 5.74) is 6.18. The van der Waals surface area contributed by atoms with Gasteiger partial charge in [-0.2, -0.15) is 0 Å². The Balaban J connectivity index is 2.55. The van der Waals surface area contributed by atoms with Crippen molar-refractivity contribution in [3.05, 3.63) is 0 Å². The van der Waals surface area contributed by atoms with E-state index in [9.17, 15) is 0 Å². The van der Waals surface area contributed by atoms with Gasteiger partial charge in [0.05, 0.1) is 6.10 Å². The van der Waals surface area contributed by atoms with Crippen molar-refractivity contribution in [2.24, 2.45) is 17.6 Å². The molecule has 0 bridgehead atoms. The maximum absolute atomic E-state index is 6.09. The van der Waals surface area contributed by atoms with E-state index in [1.165, 1.54) is 12.8 Å². The first-order valence-corrected chi connectivity index (χ1v) is 7.54. The van der Waals surface area contributed by atoms with E-state index in [4.69, 9.17) is 10.5 Å². The molecule has 0 radical (unpaired) electrons. The van der Waals surface area contributed by atoms with Gasteiger partial charge in [-0.15, -0.1) is 0 Å². The molecule has 0 amide bonds. The summed E-state index contributed by atoms with van der Waals surface area (Å²) < 4.78 is 5.70. The largest absolute Gasteiger partial charge is 0.377 e. The molecule has 0 saturated carbocycles. The average molecular weight is 256 g/mol. The van der Waals surface area contributed by atoms with E-state index in [-0.39, 0.29) is 5.54 Å². The van der Waals surface area contributed by atoms with E-state index >= 15 is 0 Å². The summed E-state index contributed by atoms with van der Waals surface area (Å²) >= 11 is 0. The number of ether oxygens (including phenoxy) is 1. The van der Waals surface area contributed by atoms with Crippen LogP contribution in [0.3, 0.4) is 0 Å². The lowest BCUT2D eigenvalue weighted by molar-refractivity contribution is 0.0948. The minimum Gasteiger partial charge on any atom is -0.377 e. The highest BCUT2D eigenvalue weighted by Gasteiger charge is 2.31. The maximum atomic E-state index is 6.09. The minimum absolute atomic E-state index is 0.0916. The van der Waals surface area contributed by atoms with Gasteiger partial charge < -0.3 is 15.8 Å². The lowest BCUT2D eigenvalue weighted by Gasteiger charge is -2.38. The first-order chi connectivity index (χ1) is 8.47. The van der Waals surface area contributed by atoms with E-state index in [0.717, 1.165) is 32.5 Å². The monoisotopic (exact) mass is 256 g/mol. The maximum Gasteiger partial charge on any atom is 0.0700 e. The van der Waals surface area contributed by atoms with Crippen molar-refractivity contribution in [3.63, 3.8) is 0 Å². The summed E-state index contributed by atoms with van der Waals surface area (Å²) in [6, 6.07) is 0. The van der Waals surface area contributed by atoms with Gasteiger partial charge in [-0.1, -0.05) is 27.7 Å². The lowest BCUT2D eigenvalue weighted by atomic mass is 9.81. The summed E-state index contributed by atoms with van der Waals surface area (Å²) in [5, 5.41) is 3.74. The molecular weight excluding hydrogens is 224 g/mol. The second-order valence-corrected chi connectivity index (χ2v) is 6.70. The van der Waals surface area contributed by atoms with Crippen LogP contribution in [0.2, 0.25) is 0 Å². The number of hydrogen-bond acceptors (Lipinski definition) is 3. The highest BCUT2D eigenvalue weighted by molar-refractivity contribution is 4.92. The summed E-state index contributed by atoms with van der Waals surface area (Å²) in [5.74, 6) is 1.34. The predicted octanol–water partition coefficient (Wildman–Crippen LogP) is 2.54. The van der Waals surface area contributed by atoms with E-state index < -0.39 is 0 Å². The SMILES string of the molecule is CC(C)CC(CN)(CC(C)C)NCC1CCCO1. The Morgan fingerprint density at radius 2 is 1.83 bits per heavy atom. The highest BCUT2D eigenvalue weighted by atomic mass is 16.5. The van der Waals surface area contributed by atoms with Crippen LogP contribution in [0.1, 0.15) is 53.4 Å². The van der Waals surface area contributed by atoms with Gasteiger partial charge in [-0.25, -0.2) is 0 Å². The first kappa shape index (κ1) is 15.9. The molecule has 3 heteroatoms. The molecule has 1 saturated heterocycles.